The van der Waals surface area contributed by atoms with E-state index < -0.39 is 0 Å². The third-order valence-electron chi connectivity index (χ3n) is 3.76. The van der Waals surface area contributed by atoms with E-state index in [2.05, 4.69) is 24.4 Å². The van der Waals surface area contributed by atoms with E-state index in [0.29, 0.717) is 19.4 Å². The number of nitrogens with zero attached hydrogens (tertiary/aromatic N) is 1. The molecule has 1 aliphatic rings. The largest absolute Gasteiger partial charge is 0.343 e. The fourth-order valence-electron chi connectivity index (χ4n) is 2.56. The number of thiophene rings is 1. The summed E-state index contributed by atoms with van der Waals surface area (Å²) in [6.07, 6.45) is 2.30. The maximum atomic E-state index is 12.5. The van der Waals surface area contributed by atoms with E-state index in [1.54, 1.807) is 16.2 Å². The minimum atomic E-state index is -0.365. The van der Waals surface area contributed by atoms with E-state index in [9.17, 15) is 9.59 Å². The average Bonchev–Trinajstić information content (AvgIpc) is 2.90. The smallest absolute Gasteiger partial charge is 0.246 e. The molecular formula is C15H22N2O2S. The van der Waals surface area contributed by atoms with Gasteiger partial charge in [0.2, 0.25) is 11.8 Å². The fraction of sp³-hybridized carbons (Fsp3) is 0.600. The first-order valence-corrected chi connectivity index (χ1v) is 8.10. The first-order chi connectivity index (χ1) is 9.60. The van der Waals surface area contributed by atoms with Crippen molar-refractivity contribution in [2.24, 2.45) is 0 Å². The molecule has 2 atom stereocenters. The molecule has 1 fully saturated rings. The minimum absolute atomic E-state index is 0.0220. The maximum absolute atomic E-state index is 12.5. The van der Waals surface area contributed by atoms with Gasteiger partial charge in [-0.2, -0.15) is 0 Å². The first-order valence-electron chi connectivity index (χ1n) is 7.29. The predicted molar refractivity (Wildman–Crippen MR) is 80.5 cm³/mol. The number of amides is 2. The van der Waals surface area contributed by atoms with Gasteiger partial charge in [0.1, 0.15) is 12.1 Å². The van der Waals surface area contributed by atoms with Gasteiger partial charge in [0, 0.05) is 9.75 Å². The zero-order chi connectivity index (χ0) is 14.7. The molecule has 2 heterocycles. The van der Waals surface area contributed by atoms with E-state index in [1.807, 2.05) is 13.8 Å². The zero-order valence-corrected chi connectivity index (χ0v) is 13.1. The van der Waals surface area contributed by atoms with Gasteiger partial charge in [-0.25, -0.2) is 0 Å². The van der Waals surface area contributed by atoms with Crippen LogP contribution in [-0.2, 0) is 22.6 Å². The summed E-state index contributed by atoms with van der Waals surface area (Å²) in [6, 6.07) is 3.47. The van der Waals surface area contributed by atoms with Crippen molar-refractivity contribution in [1.82, 2.24) is 10.2 Å². The second kappa shape index (κ2) is 6.39. The first kappa shape index (κ1) is 15.0. The van der Waals surface area contributed by atoms with Gasteiger partial charge < -0.3 is 10.2 Å². The van der Waals surface area contributed by atoms with Gasteiger partial charge in [-0.05, 0) is 31.4 Å². The molecule has 4 nitrogen and oxygen atoms in total. The summed E-state index contributed by atoms with van der Waals surface area (Å²) < 4.78 is 0. The van der Waals surface area contributed by atoms with Crippen LogP contribution in [0, 0.1) is 0 Å². The Hall–Kier alpha value is -1.36. The molecule has 1 aliphatic heterocycles. The van der Waals surface area contributed by atoms with Crippen LogP contribution in [0.1, 0.15) is 43.4 Å². The Labute approximate surface area is 124 Å². The lowest BCUT2D eigenvalue weighted by Crippen LogP contribution is -2.62. The Morgan fingerprint density at radius 2 is 1.85 bits per heavy atom. The standard InChI is InChI=1S/C15H22N2O2S/c1-4-10-7-8-11(20-10)9-17-13(6-3)14(18)16-12(5-2)15(17)19/h7-8,12-13H,4-6,9H2,1-3H3,(H,16,18). The fourth-order valence-corrected chi connectivity index (χ4v) is 3.52. The summed E-state index contributed by atoms with van der Waals surface area (Å²) in [7, 11) is 0. The van der Waals surface area contributed by atoms with Gasteiger partial charge in [0.05, 0.1) is 6.54 Å². The van der Waals surface area contributed by atoms with E-state index in [-0.39, 0.29) is 23.9 Å². The average molecular weight is 294 g/mol. The molecule has 0 aliphatic carbocycles. The number of rotatable bonds is 5. The van der Waals surface area contributed by atoms with Crippen LogP contribution in [0.15, 0.2) is 12.1 Å². The van der Waals surface area contributed by atoms with Gasteiger partial charge in [0.25, 0.3) is 0 Å². The number of nitrogens with one attached hydrogen (secondary N) is 1. The topological polar surface area (TPSA) is 49.4 Å². The molecule has 0 aromatic carbocycles. The number of hydrogen-bond acceptors (Lipinski definition) is 3. The molecule has 0 saturated carbocycles. The second-order valence-corrected chi connectivity index (χ2v) is 6.33. The van der Waals surface area contributed by atoms with Crippen molar-refractivity contribution in [1.29, 1.82) is 0 Å². The Balaban J connectivity index is 2.19. The molecule has 5 heteroatoms. The van der Waals surface area contributed by atoms with Crippen LogP contribution >= 0.6 is 11.3 Å². The summed E-state index contributed by atoms with van der Waals surface area (Å²) in [5.74, 6) is 0.0246. The highest BCUT2D eigenvalue weighted by molar-refractivity contribution is 7.11. The molecule has 0 spiro atoms. The third-order valence-corrected chi connectivity index (χ3v) is 4.98. The summed E-state index contributed by atoms with van der Waals surface area (Å²) >= 11 is 1.73. The highest BCUT2D eigenvalue weighted by Gasteiger charge is 2.38. The lowest BCUT2D eigenvalue weighted by Gasteiger charge is -2.38. The number of hydrogen-bond donors (Lipinski definition) is 1. The number of carbonyl (C=O) groups is 2. The Kier molecular flexibility index (Phi) is 4.81. The summed E-state index contributed by atoms with van der Waals surface area (Å²) in [5.41, 5.74) is 0. The molecule has 1 N–H and O–H groups in total. The van der Waals surface area contributed by atoms with Gasteiger partial charge >= 0.3 is 0 Å². The molecule has 0 radical (unpaired) electrons. The van der Waals surface area contributed by atoms with E-state index in [1.165, 1.54) is 4.88 Å². The third kappa shape index (κ3) is 2.87. The van der Waals surface area contributed by atoms with Crippen LogP contribution in [0.4, 0.5) is 0 Å². The lowest BCUT2D eigenvalue weighted by atomic mass is 10.0. The number of aryl methyl sites for hydroxylation is 1. The van der Waals surface area contributed by atoms with Crippen LogP contribution in [-0.4, -0.2) is 28.8 Å². The quantitative estimate of drug-likeness (QED) is 0.906. The normalized spacial score (nSPS) is 23.1. The minimum Gasteiger partial charge on any atom is -0.343 e. The predicted octanol–water partition coefficient (Wildman–Crippen LogP) is 2.33. The Morgan fingerprint density at radius 3 is 2.40 bits per heavy atom. The van der Waals surface area contributed by atoms with Crippen LogP contribution in [0.25, 0.3) is 0 Å². The van der Waals surface area contributed by atoms with E-state index >= 15 is 0 Å². The highest BCUT2D eigenvalue weighted by Crippen LogP contribution is 2.23. The molecule has 20 heavy (non-hydrogen) atoms. The molecule has 1 aromatic heterocycles. The molecular weight excluding hydrogens is 272 g/mol. The van der Waals surface area contributed by atoms with Gasteiger partial charge in [-0.15, -0.1) is 11.3 Å². The number of carbonyl (C=O) groups excluding carboxylic acids is 2. The monoisotopic (exact) mass is 294 g/mol. The van der Waals surface area contributed by atoms with Crippen LogP contribution in [0.3, 0.4) is 0 Å². The molecule has 2 amide bonds. The van der Waals surface area contributed by atoms with E-state index in [0.717, 1.165) is 11.3 Å². The van der Waals surface area contributed by atoms with Crippen LogP contribution < -0.4 is 5.32 Å². The summed E-state index contributed by atoms with van der Waals surface area (Å²) in [6.45, 7) is 6.54. The van der Waals surface area contributed by atoms with Crippen molar-refractivity contribution < 1.29 is 9.59 Å². The lowest BCUT2D eigenvalue weighted by molar-refractivity contribution is -0.150. The van der Waals surface area contributed by atoms with Gasteiger partial charge in [0.15, 0.2) is 0 Å². The molecule has 2 rings (SSSR count). The molecule has 0 bridgehead atoms. The molecule has 110 valence electrons. The highest BCUT2D eigenvalue weighted by atomic mass is 32.1. The molecule has 1 aromatic rings. The van der Waals surface area contributed by atoms with E-state index in [4.69, 9.17) is 0 Å². The maximum Gasteiger partial charge on any atom is 0.246 e. The van der Waals surface area contributed by atoms with Crippen molar-refractivity contribution in [3.8, 4) is 0 Å². The van der Waals surface area contributed by atoms with Crippen molar-refractivity contribution in [2.45, 2.75) is 58.7 Å². The molecule has 2 unspecified atom stereocenters. The van der Waals surface area contributed by atoms with Crippen LogP contribution in [0.5, 0.6) is 0 Å². The SMILES string of the molecule is CCc1ccc(CN2C(=O)C(CC)NC(=O)C2CC)s1. The summed E-state index contributed by atoms with van der Waals surface area (Å²) in [4.78, 5) is 28.8. The van der Waals surface area contributed by atoms with Crippen molar-refractivity contribution in [3.63, 3.8) is 0 Å². The van der Waals surface area contributed by atoms with Crippen molar-refractivity contribution >= 4 is 23.2 Å². The Morgan fingerprint density at radius 1 is 1.15 bits per heavy atom. The van der Waals surface area contributed by atoms with Crippen molar-refractivity contribution in [2.75, 3.05) is 0 Å². The zero-order valence-electron chi connectivity index (χ0n) is 12.3. The van der Waals surface area contributed by atoms with Crippen molar-refractivity contribution in [3.05, 3.63) is 21.9 Å². The molecule has 1 saturated heterocycles. The van der Waals surface area contributed by atoms with Crippen LogP contribution in [0.2, 0.25) is 0 Å². The second-order valence-electron chi connectivity index (χ2n) is 5.08. The number of piperazine rings is 1. The summed E-state index contributed by atoms with van der Waals surface area (Å²) in [5, 5.41) is 2.82. The van der Waals surface area contributed by atoms with Gasteiger partial charge in [-0.1, -0.05) is 20.8 Å². The van der Waals surface area contributed by atoms with Gasteiger partial charge in [-0.3, -0.25) is 9.59 Å². The Bertz CT molecular complexity index is 498.